The number of alkyl halides is 3. The summed E-state index contributed by atoms with van der Waals surface area (Å²) in [5.74, 6) is -0.808. The molecule has 10 nitrogen and oxygen atoms in total. The summed E-state index contributed by atoms with van der Waals surface area (Å²) in [5, 5.41) is 15.0. The molecule has 2 aromatic heterocycles. The second-order valence-corrected chi connectivity index (χ2v) is 6.36. The van der Waals surface area contributed by atoms with E-state index in [2.05, 4.69) is 15.1 Å². The molecule has 0 saturated carbocycles. The second-order valence-electron chi connectivity index (χ2n) is 6.36. The monoisotopic (exact) mass is 402 g/mol. The van der Waals surface area contributed by atoms with Gasteiger partial charge in [0, 0.05) is 26.2 Å². The number of morpholine rings is 1. The lowest BCUT2D eigenvalue weighted by Crippen LogP contribution is -2.46. The maximum Gasteiger partial charge on any atom is 0.435 e. The average Bonchev–Trinajstić information content (AvgIpc) is 2.94. The molecule has 2 unspecified atom stereocenters. The number of nitro groups is 1. The summed E-state index contributed by atoms with van der Waals surface area (Å²) in [5.41, 5.74) is -1.73. The molecule has 0 amide bonds. The van der Waals surface area contributed by atoms with Crippen LogP contribution >= 0.6 is 0 Å². The molecule has 0 aromatic carbocycles. The van der Waals surface area contributed by atoms with Gasteiger partial charge < -0.3 is 14.4 Å². The van der Waals surface area contributed by atoms with Gasteiger partial charge in [0.2, 0.25) is 11.7 Å². The Morgan fingerprint density at radius 2 is 1.93 bits per heavy atom. The molecule has 0 bridgehead atoms. The summed E-state index contributed by atoms with van der Waals surface area (Å²) in [6, 6.07) is 0.643. The van der Waals surface area contributed by atoms with Crippen molar-refractivity contribution in [1.29, 1.82) is 0 Å². The molecule has 1 saturated heterocycles. The maximum absolute atomic E-state index is 12.8. The summed E-state index contributed by atoms with van der Waals surface area (Å²) < 4.78 is 50.2. The number of hydrogen-bond acceptors (Lipinski definition) is 8. The number of rotatable bonds is 4. The van der Waals surface area contributed by atoms with E-state index in [1.165, 1.54) is 7.05 Å². The van der Waals surface area contributed by atoms with E-state index < -0.39 is 28.4 Å². The predicted octanol–water partition coefficient (Wildman–Crippen LogP) is 2.54. The molecule has 2 aromatic rings. The zero-order chi connectivity index (χ0) is 20.6. The van der Waals surface area contributed by atoms with Crippen LogP contribution in [0.4, 0.5) is 24.7 Å². The third-order valence-electron chi connectivity index (χ3n) is 4.00. The van der Waals surface area contributed by atoms with Crippen molar-refractivity contribution in [1.82, 2.24) is 19.7 Å². The summed E-state index contributed by atoms with van der Waals surface area (Å²) in [6.07, 6.45) is -3.99. The van der Waals surface area contributed by atoms with Crippen molar-refractivity contribution in [3.05, 3.63) is 28.2 Å². The normalized spacial score (nSPS) is 20.3. The fraction of sp³-hybridized carbons (Fsp3) is 0.533. The Morgan fingerprint density at radius 1 is 1.29 bits per heavy atom. The number of halogens is 3. The van der Waals surface area contributed by atoms with E-state index >= 15 is 0 Å². The van der Waals surface area contributed by atoms with Crippen LogP contribution in [-0.2, 0) is 18.0 Å². The zero-order valence-electron chi connectivity index (χ0n) is 15.2. The van der Waals surface area contributed by atoms with Gasteiger partial charge >= 0.3 is 17.7 Å². The second kappa shape index (κ2) is 7.22. The molecule has 2 atom stereocenters. The number of aromatic nitrogens is 4. The first-order chi connectivity index (χ1) is 13.1. The molecular weight excluding hydrogens is 385 g/mol. The molecule has 13 heteroatoms. The smallest absolute Gasteiger partial charge is 0.415 e. The third-order valence-corrected chi connectivity index (χ3v) is 4.00. The Labute approximate surface area is 157 Å². The van der Waals surface area contributed by atoms with Crippen molar-refractivity contribution in [3.8, 4) is 11.8 Å². The van der Waals surface area contributed by atoms with Crippen LogP contribution in [0.2, 0.25) is 0 Å². The first-order valence-electron chi connectivity index (χ1n) is 8.25. The summed E-state index contributed by atoms with van der Waals surface area (Å²) in [6.45, 7) is 4.35. The molecule has 28 heavy (non-hydrogen) atoms. The van der Waals surface area contributed by atoms with E-state index in [9.17, 15) is 23.3 Å². The number of aryl methyl sites for hydroxylation is 1. The lowest BCUT2D eigenvalue weighted by atomic mass is 10.2. The van der Waals surface area contributed by atoms with Crippen LogP contribution in [-0.4, -0.2) is 50.0 Å². The van der Waals surface area contributed by atoms with Crippen LogP contribution in [0.1, 0.15) is 19.5 Å². The Bertz CT molecular complexity index is 877. The highest BCUT2D eigenvalue weighted by atomic mass is 19.4. The largest absolute Gasteiger partial charge is 0.435 e. The van der Waals surface area contributed by atoms with Crippen molar-refractivity contribution in [2.45, 2.75) is 32.2 Å². The van der Waals surface area contributed by atoms with Crippen molar-refractivity contribution in [3.63, 3.8) is 0 Å². The van der Waals surface area contributed by atoms with E-state index in [0.29, 0.717) is 19.2 Å². The lowest BCUT2D eigenvalue weighted by Gasteiger charge is -2.35. The van der Waals surface area contributed by atoms with Gasteiger partial charge in [0.25, 0.3) is 0 Å². The van der Waals surface area contributed by atoms with Crippen LogP contribution < -0.4 is 9.64 Å². The van der Waals surface area contributed by atoms with Gasteiger partial charge in [-0.15, -0.1) is 0 Å². The van der Waals surface area contributed by atoms with E-state index in [0.717, 1.165) is 11.0 Å². The number of hydrogen-bond donors (Lipinski definition) is 0. The highest BCUT2D eigenvalue weighted by molar-refractivity contribution is 5.63. The molecule has 1 aliphatic heterocycles. The molecule has 3 rings (SSSR count). The summed E-state index contributed by atoms with van der Waals surface area (Å²) in [7, 11) is 1.23. The summed E-state index contributed by atoms with van der Waals surface area (Å²) in [4.78, 5) is 20.4. The molecule has 0 radical (unpaired) electrons. The minimum atomic E-state index is -4.68. The zero-order valence-corrected chi connectivity index (χ0v) is 15.2. The van der Waals surface area contributed by atoms with Crippen molar-refractivity contribution in [2.24, 2.45) is 7.05 Å². The lowest BCUT2D eigenvalue weighted by molar-refractivity contribution is -0.385. The molecule has 0 N–H and O–H groups in total. The van der Waals surface area contributed by atoms with E-state index in [1.807, 2.05) is 13.8 Å². The SMILES string of the molecule is CC1CN(c2ncnc(Oc3cc(C(F)(F)F)nn3C)c2[N+](=O)[O-])CC(C)O1. The molecule has 152 valence electrons. The van der Waals surface area contributed by atoms with Crippen molar-refractivity contribution >= 4 is 11.5 Å². The average molecular weight is 402 g/mol. The maximum atomic E-state index is 12.8. The highest BCUT2D eigenvalue weighted by Gasteiger charge is 2.36. The van der Waals surface area contributed by atoms with Crippen LogP contribution in [0, 0.1) is 10.1 Å². The number of ether oxygens (including phenoxy) is 2. The van der Waals surface area contributed by atoms with Gasteiger partial charge in [-0.05, 0) is 13.8 Å². The molecule has 1 aliphatic rings. The van der Waals surface area contributed by atoms with E-state index in [4.69, 9.17) is 9.47 Å². The summed E-state index contributed by atoms with van der Waals surface area (Å²) >= 11 is 0. The van der Waals surface area contributed by atoms with Gasteiger partial charge in [-0.25, -0.2) is 9.67 Å². The Kier molecular flexibility index (Phi) is 5.10. The van der Waals surface area contributed by atoms with Crippen LogP contribution in [0.3, 0.4) is 0 Å². The first-order valence-corrected chi connectivity index (χ1v) is 8.25. The fourth-order valence-electron chi connectivity index (χ4n) is 2.95. The molecule has 1 fully saturated rings. The minimum absolute atomic E-state index is 0.00946. The van der Waals surface area contributed by atoms with Gasteiger partial charge in [0.15, 0.2) is 5.69 Å². The van der Waals surface area contributed by atoms with Gasteiger partial charge in [-0.1, -0.05) is 0 Å². The molecule has 3 heterocycles. The fourth-order valence-corrected chi connectivity index (χ4v) is 2.95. The van der Waals surface area contributed by atoms with Gasteiger partial charge in [-0.3, -0.25) is 10.1 Å². The Balaban J connectivity index is 1.99. The van der Waals surface area contributed by atoms with Crippen LogP contribution in [0.15, 0.2) is 12.4 Å². The van der Waals surface area contributed by atoms with Gasteiger partial charge in [-0.2, -0.15) is 23.3 Å². The topological polar surface area (TPSA) is 108 Å². The predicted molar refractivity (Wildman–Crippen MR) is 89.2 cm³/mol. The van der Waals surface area contributed by atoms with E-state index in [-0.39, 0.29) is 23.9 Å². The van der Waals surface area contributed by atoms with Gasteiger partial charge in [0.1, 0.15) is 6.33 Å². The molecule has 0 aliphatic carbocycles. The van der Waals surface area contributed by atoms with Crippen molar-refractivity contribution < 1.29 is 27.6 Å². The number of nitrogens with zero attached hydrogens (tertiary/aromatic N) is 6. The Hall–Kier alpha value is -2.96. The van der Waals surface area contributed by atoms with Crippen molar-refractivity contribution in [2.75, 3.05) is 18.0 Å². The van der Waals surface area contributed by atoms with Gasteiger partial charge in [0.05, 0.1) is 17.1 Å². The van der Waals surface area contributed by atoms with Crippen LogP contribution in [0.25, 0.3) is 0 Å². The highest BCUT2D eigenvalue weighted by Crippen LogP contribution is 2.38. The standard InChI is InChI=1S/C15H17F3N6O4/c1-8-5-23(6-9(2)27-8)13-12(24(25)26)14(20-7-19-13)28-11-4-10(15(16,17)18)21-22(11)3/h4,7-9H,5-6H2,1-3H3. The number of anilines is 1. The molecule has 0 spiro atoms. The first kappa shape index (κ1) is 19.8. The van der Waals surface area contributed by atoms with Crippen LogP contribution in [0.5, 0.6) is 11.8 Å². The molecular formula is C15H17F3N6O4. The Morgan fingerprint density at radius 3 is 2.46 bits per heavy atom. The van der Waals surface area contributed by atoms with E-state index in [1.54, 1.807) is 4.90 Å². The third kappa shape index (κ3) is 3.98. The minimum Gasteiger partial charge on any atom is -0.415 e. The quantitative estimate of drug-likeness (QED) is 0.567.